The third-order valence-corrected chi connectivity index (χ3v) is 1.90. The van der Waals surface area contributed by atoms with Crippen LogP contribution in [0.4, 0.5) is 5.82 Å². The van der Waals surface area contributed by atoms with Gasteiger partial charge in [-0.25, -0.2) is 0 Å². The molecular weight excluding hydrogens is 164 g/mol. The Balaban J connectivity index is 2.56. The zero-order valence-corrected chi connectivity index (χ0v) is 8.57. The summed E-state index contributed by atoms with van der Waals surface area (Å²) in [6, 6.07) is 1.89. The maximum absolute atomic E-state index is 4.20. The molecule has 0 saturated carbocycles. The molecule has 0 bridgehead atoms. The fourth-order valence-corrected chi connectivity index (χ4v) is 0.749. The van der Waals surface area contributed by atoms with Gasteiger partial charge in [0.1, 0.15) is 0 Å². The SMILES string of the molecule is C/C(=N\Nc1ccn(C)n1)C(C)C. The minimum Gasteiger partial charge on any atom is -0.274 e. The van der Waals surface area contributed by atoms with Crippen molar-refractivity contribution in [3.05, 3.63) is 12.3 Å². The first kappa shape index (κ1) is 9.77. The summed E-state index contributed by atoms with van der Waals surface area (Å²) >= 11 is 0. The topological polar surface area (TPSA) is 42.2 Å². The van der Waals surface area contributed by atoms with Crippen LogP contribution in [0, 0.1) is 5.92 Å². The van der Waals surface area contributed by atoms with Gasteiger partial charge in [-0.2, -0.15) is 10.2 Å². The molecule has 4 heteroatoms. The van der Waals surface area contributed by atoms with E-state index >= 15 is 0 Å². The zero-order valence-electron chi connectivity index (χ0n) is 8.57. The Labute approximate surface area is 78.6 Å². The smallest absolute Gasteiger partial charge is 0.168 e. The van der Waals surface area contributed by atoms with Crippen molar-refractivity contribution in [3.63, 3.8) is 0 Å². The van der Waals surface area contributed by atoms with Crippen molar-refractivity contribution in [1.82, 2.24) is 9.78 Å². The Bertz CT molecular complexity index is 298. The highest BCUT2D eigenvalue weighted by atomic mass is 15.4. The van der Waals surface area contributed by atoms with Crippen LogP contribution in [0.2, 0.25) is 0 Å². The van der Waals surface area contributed by atoms with E-state index in [2.05, 4.69) is 29.5 Å². The molecule has 0 saturated heterocycles. The number of rotatable bonds is 3. The van der Waals surface area contributed by atoms with Gasteiger partial charge in [0.05, 0.1) is 0 Å². The summed E-state index contributed by atoms with van der Waals surface area (Å²) in [4.78, 5) is 0. The number of hydrogen-bond donors (Lipinski definition) is 1. The standard InChI is InChI=1S/C9H16N4/c1-7(2)8(3)10-11-9-5-6-13(4)12-9/h5-7H,1-4H3,(H,11,12)/b10-8+. The summed E-state index contributed by atoms with van der Waals surface area (Å²) in [5.41, 5.74) is 3.98. The van der Waals surface area contributed by atoms with Gasteiger partial charge in [-0.1, -0.05) is 13.8 Å². The Morgan fingerprint density at radius 3 is 2.77 bits per heavy atom. The van der Waals surface area contributed by atoms with Gasteiger partial charge in [-0.15, -0.1) is 0 Å². The van der Waals surface area contributed by atoms with Crippen LogP contribution in [-0.2, 0) is 7.05 Å². The summed E-state index contributed by atoms with van der Waals surface area (Å²) in [6.45, 7) is 6.22. The second-order valence-corrected chi connectivity index (χ2v) is 3.39. The first-order valence-electron chi connectivity index (χ1n) is 4.39. The lowest BCUT2D eigenvalue weighted by molar-refractivity contribution is 0.769. The number of anilines is 1. The summed E-state index contributed by atoms with van der Waals surface area (Å²) in [5.74, 6) is 1.25. The van der Waals surface area contributed by atoms with Gasteiger partial charge in [-0.3, -0.25) is 10.1 Å². The van der Waals surface area contributed by atoms with E-state index in [1.807, 2.05) is 26.2 Å². The molecule has 0 aliphatic carbocycles. The fourth-order valence-electron chi connectivity index (χ4n) is 0.749. The van der Waals surface area contributed by atoms with Crippen LogP contribution in [0.5, 0.6) is 0 Å². The molecule has 72 valence electrons. The van der Waals surface area contributed by atoms with Crippen LogP contribution in [0.1, 0.15) is 20.8 Å². The zero-order chi connectivity index (χ0) is 9.84. The average Bonchev–Trinajstić information content (AvgIpc) is 2.47. The average molecular weight is 180 g/mol. The van der Waals surface area contributed by atoms with E-state index in [1.165, 1.54) is 0 Å². The molecule has 0 amide bonds. The quantitative estimate of drug-likeness (QED) is 0.570. The van der Waals surface area contributed by atoms with Crippen molar-refractivity contribution in [2.45, 2.75) is 20.8 Å². The van der Waals surface area contributed by atoms with Gasteiger partial charge in [0.25, 0.3) is 0 Å². The van der Waals surface area contributed by atoms with Crippen molar-refractivity contribution in [3.8, 4) is 0 Å². The van der Waals surface area contributed by atoms with E-state index in [1.54, 1.807) is 4.68 Å². The van der Waals surface area contributed by atoms with Gasteiger partial charge >= 0.3 is 0 Å². The second kappa shape index (κ2) is 4.07. The van der Waals surface area contributed by atoms with E-state index in [9.17, 15) is 0 Å². The van der Waals surface area contributed by atoms with Gasteiger partial charge in [0.15, 0.2) is 5.82 Å². The lowest BCUT2D eigenvalue weighted by Gasteiger charge is -2.03. The number of hydrogen-bond acceptors (Lipinski definition) is 3. The van der Waals surface area contributed by atoms with E-state index in [4.69, 9.17) is 0 Å². The van der Waals surface area contributed by atoms with Crippen LogP contribution >= 0.6 is 0 Å². The molecule has 0 radical (unpaired) electrons. The number of aromatic nitrogens is 2. The maximum atomic E-state index is 4.20. The highest BCUT2D eigenvalue weighted by molar-refractivity contribution is 5.84. The van der Waals surface area contributed by atoms with E-state index in [0.717, 1.165) is 11.5 Å². The Kier molecular flexibility index (Phi) is 3.06. The predicted molar refractivity (Wildman–Crippen MR) is 54.8 cm³/mol. The van der Waals surface area contributed by atoms with Crippen molar-refractivity contribution in [2.75, 3.05) is 5.43 Å². The molecule has 0 aliphatic rings. The Morgan fingerprint density at radius 1 is 1.62 bits per heavy atom. The molecule has 0 fully saturated rings. The van der Waals surface area contributed by atoms with Gasteiger partial charge in [-0.05, 0) is 12.8 Å². The number of nitrogens with one attached hydrogen (secondary N) is 1. The van der Waals surface area contributed by atoms with Crippen LogP contribution in [0.3, 0.4) is 0 Å². The normalized spacial score (nSPS) is 12.2. The molecule has 0 aliphatic heterocycles. The molecule has 1 aromatic heterocycles. The van der Waals surface area contributed by atoms with E-state index in [-0.39, 0.29) is 0 Å². The molecule has 0 aromatic carbocycles. The van der Waals surface area contributed by atoms with Crippen molar-refractivity contribution in [2.24, 2.45) is 18.1 Å². The van der Waals surface area contributed by atoms with Crippen molar-refractivity contribution in [1.29, 1.82) is 0 Å². The molecule has 4 nitrogen and oxygen atoms in total. The molecular formula is C9H16N4. The molecule has 1 heterocycles. The number of nitrogens with zero attached hydrogens (tertiary/aromatic N) is 3. The number of hydrazone groups is 1. The molecule has 13 heavy (non-hydrogen) atoms. The summed E-state index contributed by atoms with van der Waals surface area (Å²) in [5, 5.41) is 8.34. The van der Waals surface area contributed by atoms with Gasteiger partial charge in [0, 0.05) is 25.0 Å². The van der Waals surface area contributed by atoms with Crippen molar-refractivity contribution >= 4 is 11.5 Å². The van der Waals surface area contributed by atoms with Crippen LogP contribution in [0.25, 0.3) is 0 Å². The number of aryl methyl sites for hydroxylation is 1. The maximum Gasteiger partial charge on any atom is 0.168 e. The largest absolute Gasteiger partial charge is 0.274 e. The van der Waals surface area contributed by atoms with Crippen LogP contribution in [-0.4, -0.2) is 15.5 Å². The predicted octanol–water partition coefficient (Wildman–Crippen LogP) is 1.86. The molecule has 0 spiro atoms. The molecule has 1 aromatic rings. The first-order chi connectivity index (χ1) is 6.09. The molecule has 1 N–H and O–H groups in total. The lowest BCUT2D eigenvalue weighted by atomic mass is 10.1. The van der Waals surface area contributed by atoms with E-state index in [0.29, 0.717) is 5.92 Å². The fraction of sp³-hybridized carbons (Fsp3) is 0.556. The first-order valence-corrected chi connectivity index (χ1v) is 4.39. The minimum atomic E-state index is 0.469. The highest BCUT2D eigenvalue weighted by Gasteiger charge is 1.98. The van der Waals surface area contributed by atoms with E-state index < -0.39 is 0 Å². The summed E-state index contributed by atoms with van der Waals surface area (Å²) in [6.07, 6.45) is 1.88. The molecule has 0 unspecified atom stereocenters. The monoisotopic (exact) mass is 180 g/mol. The van der Waals surface area contributed by atoms with Crippen LogP contribution < -0.4 is 5.43 Å². The van der Waals surface area contributed by atoms with Gasteiger partial charge in [0.2, 0.25) is 0 Å². The third kappa shape index (κ3) is 2.89. The summed E-state index contributed by atoms with van der Waals surface area (Å²) in [7, 11) is 1.88. The van der Waals surface area contributed by atoms with Crippen LogP contribution in [0.15, 0.2) is 17.4 Å². The highest BCUT2D eigenvalue weighted by Crippen LogP contribution is 2.02. The molecule has 0 atom stereocenters. The molecule has 1 rings (SSSR count). The third-order valence-electron chi connectivity index (χ3n) is 1.90. The summed E-state index contributed by atoms with van der Waals surface area (Å²) < 4.78 is 1.74. The second-order valence-electron chi connectivity index (χ2n) is 3.39. The van der Waals surface area contributed by atoms with Gasteiger partial charge < -0.3 is 0 Å². The van der Waals surface area contributed by atoms with Crippen molar-refractivity contribution < 1.29 is 0 Å². The lowest BCUT2D eigenvalue weighted by Crippen LogP contribution is -2.05. The Morgan fingerprint density at radius 2 is 2.31 bits per heavy atom. The minimum absolute atomic E-state index is 0.469. The Hall–Kier alpha value is -1.32.